The smallest absolute Gasteiger partial charge is 0.303 e. The third-order valence-electron chi connectivity index (χ3n) is 3.22. The van der Waals surface area contributed by atoms with Crippen LogP contribution < -0.4 is 10.0 Å². The Morgan fingerprint density at radius 2 is 2.26 bits per heavy atom. The summed E-state index contributed by atoms with van der Waals surface area (Å²) in [5.41, 5.74) is 0. The van der Waals surface area contributed by atoms with Crippen LogP contribution in [-0.2, 0) is 10.2 Å². The summed E-state index contributed by atoms with van der Waals surface area (Å²) in [7, 11) is -1.69. The molecular formula is C12H20N4O2S. The maximum Gasteiger partial charge on any atom is 0.303 e. The van der Waals surface area contributed by atoms with Gasteiger partial charge in [0.2, 0.25) is 0 Å². The molecule has 6 nitrogen and oxygen atoms in total. The van der Waals surface area contributed by atoms with Gasteiger partial charge in [-0.05, 0) is 32.0 Å². The second-order valence-corrected chi connectivity index (χ2v) is 6.26. The van der Waals surface area contributed by atoms with Gasteiger partial charge in [0.1, 0.15) is 5.82 Å². The zero-order valence-electron chi connectivity index (χ0n) is 11.0. The van der Waals surface area contributed by atoms with E-state index in [4.69, 9.17) is 0 Å². The van der Waals surface area contributed by atoms with Crippen molar-refractivity contribution in [1.82, 2.24) is 14.6 Å². The normalized spacial score (nSPS) is 21.2. The average Bonchev–Trinajstić information content (AvgIpc) is 2.40. The van der Waals surface area contributed by atoms with E-state index in [-0.39, 0.29) is 6.04 Å². The van der Waals surface area contributed by atoms with Crippen molar-refractivity contribution in [1.29, 1.82) is 0 Å². The summed E-state index contributed by atoms with van der Waals surface area (Å²) < 4.78 is 28.9. The monoisotopic (exact) mass is 284 g/mol. The van der Waals surface area contributed by atoms with Crippen LogP contribution >= 0.6 is 0 Å². The predicted octanol–water partition coefficient (Wildman–Crippen LogP) is 0.812. The molecule has 1 aromatic rings. The Balaban J connectivity index is 2.13. The third-order valence-corrected chi connectivity index (χ3v) is 4.79. The molecule has 19 heavy (non-hydrogen) atoms. The van der Waals surface area contributed by atoms with Crippen LogP contribution in [0.5, 0.6) is 0 Å². The van der Waals surface area contributed by atoms with Crippen molar-refractivity contribution in [2.24, 2.45) is 0 Å². The highest BCUT2D eigenvalue weighted by molar-refractivity contribution is 7.90. The summed E-state index contributed by atoms with van der Waals surface area (Å²) in [6.07, 6.45) is 4.44. The summed E-state index contributed by atoms with van der Waals surface area (Å²) in [4.78, 5) is 4.00. The van der Waals surface area contributed by atoms with Crippen LogP contribution in [0, 0.1) is 0 Å². The molecule has 0 bridgehead atoms. The summed E-state index contributed by atoms with van der Waals surface area (Å²) in [6.45, 7) is 1.23. The highest BCUT2D eigenvalue weighted by Crippen LogP contribution is 2.21. The van der Waals surface area contributed by atoms with Crippen molar-refractivity contribution >= 4 is 16.0 Å². The number of hydrogen-bond acceptors (Lipinski definition) is 4. The summed E-state index contributed by atoms with van der Waals surface area (Å²) in [5.74, 6) is 0.358. The minimum Gasteiger partial charge on any atom is -0.318 e. The van der Waals surface area contributed by atoms with Gasteiger partial charge >= 0.3 is 10.2 Å². The van der Waals surface area contributed by atoms with Gasteiger partial charge in [0.15, 0.2) is 0 Å². The first kappa shape index (κ1) is 14.2. The molecule has 0 amide bonds. The van der Waals surface area contributed by atoms with Crippen LogP contribution in [0.4, 0.5) is 5.82 Å². The van der Waals surface area contributed by atoms with Crippen LogP contribution in [0.15, 0.2) is 24.4 Å². The number of pyridine rings is 1. The molecule has 0 saturated carbocycles. The lowest BCUT2D eigenvalue weighted by Gasteiger charge is -2.34. The van der Waals surface area contributed by atoms with Crippen LogP contribution in [0.1, 0.15) is 19.3 Å². The fourth-order valence-electron chi connectivity index (χ4n) is 2.34. The molecule has 1 aliphatic rings. The zero-order valence-corrected chi connectivity index (χ0v) is 11.9. The Morgan fingerprint density at radius 1 is 1.42 bits per heavy atom. The van der Waals surface area contributed by atoms with E-state index in [9.17, 15) is 8.42 Å². The molecule has 1 fully saturated rings. The minimum atomic E-state index is -3.53. The molecule has 7 heteroatoms. The van der Waals surface area contributed by atoms with Gasteiger partial charge in [0, 0.05) is 25.3 Å². The molecule has 106 valence electrons. The van der Waals surface area contributed by atoms with Crippen molar-refractivity contribution in [3.8, 4) is 0 Å². The number of piperidine rings is 1. The minimum absolute atomic E-state index is 0.0139. The quantitative estimate of drug-likeness (QED) is 0.839. The standard InChI is InChI=1S/C12H20N4O2S/c1-13-10-11-6-3-5-9-16(11)19(17,18)15-12-7-2-4-8-14-12/h2,4,7-8,11,13H,3,5-6,9-10H2,1H3,(H,14,15). The lowest BCUT2D eigenvalue weighted by molar-refractivity contribution is 0.250. The van der Waals surface area contributed by atoms with Crippen molar-refractivity contribution in [3.05, 3.63) is 24.4 Å². The Bertz CT molecular complexity index is 490. The first-order chi connectivity index (χ1) is 9.13. The first-order valence-corrected chi connectivity index (χ1v) is 7.93. The van der Waals surface area contributed by atoms with Gasteiger partial charge in [0.25, 0.3) is 0 Å². The Hall–Kier alpha value is -1.18. The number of nitrogens with zero attached hydrogens (tertiary/aromatic N) is 2. The Labute approximate surface area is 114 Å². The van der Waals surface area contributed by atoms with E-state index in [0.717, 1.165) is 19.3 Å². The van der Waals surface area contributed by atoms with Crippen molar-refractivity contribution < 1.29 is 8.42 Å². The van der Waals surface area contributed by atoms with Gasteiger partial charge in [-0.1, -0.05) is 12.5 Å². The second kappa shape index (κ2) is 6.31. The molecule has 0 radical (unpaired) electrons. The highest BCUT2D eigenvalue weighted by atomic mass is 32.2. The fraction of sp³-hybridized carbons (Fsp3) is 0.583. The van der Waals surface area contributed by atoms with Crippen LogP contribution in [-0.4, -0.2) is 43.9 Å². The van der Waals surface area contributed by atoms with Crippen LogP contribution in [0.3, 0.4) is 0 Å². The lowest BCUT2D eigenvalue weighted by Crippen LogP contribution is -2.50. The van der Waals surface area contributed by atoms with E-state index in [1.165, 1.54) is 0 Å². The topological polar surface area (TPSA) is 74.3 Å². The van der Waals surface area contributed by atoms with Gasteiger partial charge in [-0.15, -0.1) is 0 Å². The second-order valence-electron chi connectivity index (χ2n) is 4.64. The first-order valence-electron chi connectivity index (χ1n) is 6.48. The summed E-state index contributed by atoms with van der Waals surface area (Å²) in [5, 5.41) is 3.05. The maximum atomic E-state index is 12.4. The van der Waals surface area contributed by atoms with E-state index in [1.54, 1.807) is 28.7 Å². The molecule has 2 N–H and O–H groups in total. The summed E-state index contributed by atoms with van der Waals surface area (Å²) in [6, 6.07) is 5.17. The predicted molar refractivity (Wildman–Crippen MR) is 75.1 cm³/mol. The highest BCUT2D eigenvalue weighted by Gasteiger charge is 2.31. The number of anilines is 1. The molecule has 2 rings (SSSR count). The number of nitrogens with one attached hydrogen (secondary N) is 2. The van der Waals surface area contributed by atoms with E-state index in [1.807, 2.05) is 7.05 Å². The number of aromatic nitrogens is 1. The van der Waals surface area contributed by atoms with Crippen molar-refractivity contribution in [2.45, 2.75) is 25.3 Å². The SMILES string of the molecule is CNCC1CCCCN1S(=O)(=O)Nc1ccccn1. The zero-order chi connectivity index (χ0) is 13.7. The number of likely N-dealkylation sites (N-methyl/N-ethyl adjacent to an activating group) is 1. The van der Waals surface area contributed by atoms with Gasteiger partial charge < -0.3 is 5.32 Å². The lowest BCUT2D eigenvalue weighted by atomic mass is 10.1. The molecule has 0 spiro atoms. The van der Waals surface area contributed by atoms with E-state index in [2.05, 4.69) is 15.0 Å². The molecule has 0 aromatic carbocycles. The Morgan fingerprint density at radius 3 is 2.95 bits per heavy atom. The fourth-order valence-corrected chi connectivity index (χ4v) is 3.79. The largest absolute Gasteiger partial charge is 0.318 e. The number of rotatable bonds is 5. The average molecular weight is 284 g/mol. The number of hydrogen-bond donors (Lipinski definition) is 2. The maximum absolute atomic E-state index is 12.4. The van der Waals surface area contributed by atoms with Crippen molar-refractivity contribution in [2.75, 3.05) is 24.9 Å². The van der Waals surface area contributed by atoms with Gasteiger partial charge in [0.05, 0.1) is 0 Å². The van der Waals surface area contributed by atoms with Crippen LogP contribution in [0.25, 0.3) is 0 Å². The van der Waals surface area contributed by atoms with Crippen molar-refractivity contribution in [3.63, 3.8) is 0 Å². The van der Waals surface area contributed by atoms with Crippen LogP contribution in [0.2, 0.25) is 0 Å². The molecule has 1 saturated heterocycles. The van der Waals surface area contributed by atoms with E-state index >= 15 is 0 Å². The van der Waals surface area contributed by atoms with Gasteiger partial charge in [-0.3, -0.25) is 4.72 Å². The molecule has 1 atom stereocenters. The molecule has 1 aliphatic heterocycles. The third kappa shape index (κ3) is 3.65. The molecular weight excluding hydrogens is 264 g/mol. The van der Waals surface area contributed by atoms with Gasteiger partial charge in [-0.25, -0.2) is 4.98 Å². The molecule has 2 heterocycles. The Kier molecular flexibility index (Phi) is 4.73. The summed E-state index contributed by atoms with van der Waals surface area (Å²) >= 11 is 0. The van der Waals surface area contributed by atoms with E-state index < -0.39 is 10.2 Å². The molecule has 1 unspecified atom stereocenters. The van der Waals surface area contributed by atoms with Gasteiger partial charge in [-0.2, -0.15) is 12.7 Å². The molecule has 1 aromatic heterocycles. The van der Waals surface area contributed by atoms with E-state index in [0.29, 0.717) is 18.9 Å². The molecule has 0 aliphatic carbocycles.